The van der Waals surface area contributed by atoms with Crippen molar-refractivity contribution in [1.29, 1.82) is 5.26 Å². The first-order valence-corrected chi connectivity index (χ1v) is 18.7. The number of rotatable bonds is 15. The Balaban J connectivity index is 1.02. The van der Waals surface area contributed by atoms with E-state index >= 15 is 0 Å². The summed E-state index contributed by atoms with van der Waals surface area (Å²) in [6.45, 7) is 9.20. The molecule has 4 aromatic carbocycles. The maximum absolute atomic E-state index is 12.8. The lowest BCUT2D eigenvalue weighted by Crippen LogP contribution is -2.44. The highest BCUT2D eigenvalue weighted by atomic mass is 16.2. The molecule has 58 heavy (non-hydrogen) atoms. The lowest BCUT2D eigenvalue weighted by molar-refractivity contribution is 0.237. The smallest absolute Gasteiger partial charge is 0.319 e. The Morgan fingerprint density at radius 3 is 1.31 bits per heavy atom. The minimum absolute atomic E-state index is 0.227. The summed E-state index contributed by atoms with van der Waals surface area (Å²) >= 11 is 0. The number of nitrogens with one attached hydrogen (secondary N) is 8. The van der Waals surface area contributed by atoms with Crippen molar-refractivity contribution in [2.75, 3.05) is 47.4 Å². The zero-order valence-corrected chi connectivity index (χ0v) is 33.0. The number of carbonyl (C=O) groups is 4. The number of urea groups is 4. The molecule has 0 atom stereocenters. The SMILES string of the molecule is CC(C)(CNC(=O)Nc1ccc(CC#N)cc1)CNC(=O)Nc1ccc2c(c1)Cc1cc(NC(=O)NCC(C)(C)CNC(=O)Nc3ccc(CN=C=O)cc3)ccc1-2. The second-order valence-corrected chi connectivity index (χ2v) is 15.6. The van der Waals surface area contributed by atoms with Crippen LogP contribution >= 0.6 is 0 Å². The summed E-state index contributed by atoms with van der Waals surface area (Å²) in [6, 6.07) is 26.2. The number of nitrogens with zero attached hydrogens (tertiary/aromatic N) is 2. The monoisotopic (exact) mass is 784 g/mol. The Bertz CT molecular complexity index is 2220. The summed E-state index contributed by atoms with van der Waals surface area (Å²) in [6.07, 6.45) is 2.43. The third-order valence-corrected chi connectivity index (χ3v) is 9.34. The third-order valence-electron chi connectivity index (χ3n) is 9.34. The van der Waals surface area contributed by atoms with E-state index in [0.29, 0.717) is 61.8 Å². The molecule has 8 N–H and O–H groups in total. The number of aliphatic imine (C=N–C) groups is 1. The van der Waals surface area contributed by atoms with E-state index in [9.17, 15) is 24.0 Å². The van der Waals surface area contributed by atoms with Gasteiger partial charge in [-0.15, -0.1) is 0 Å². The predicted octanol–water partition coefficient (Wildman–Crippen LogP) is 7.10. The fourth-order valence-electron chi connectivity index (χ4n) is 6.08. The van der Waals surface area contributed by atoms with Gasteiger partial charge in [-0.2, -0.15) is 5.26 Å². The molecule has 15 nitrogen and oxygen atoms in total. The van der Waals surface area contributed by atoms with Gasteiger partial charge in [0.05, 0.1) is 19.0 Å². The average molecular weight is 785 g/mol. The lowest BCUT2D eigenvalue weighted by atomic mass is 9.93. The maximum Gasteiger partial charge on any atom is 0.319 e. The van der Waals surface area contributed by atoms with E-state index in [1.54, 1.807) is 48.5 Å². The normalized spacial score (nSPS) is 11.4. The fourth-order valence-corrected chi connectivity index (χ4v) is 6.08. The van der Waals surface area contributed by atoms with Crippen molar-refractivity contribution in [3.05, 3.63) is 107 Å². The Hall–Kier alpha value is -7.17. The van der Waals surface area contributed by atoms with Gasteiger partial charge in [0, 0.05) is 48.9 Å². The number of hydrogen-bond donors (Lipinski definition) is 8. The highest BCUT2D eigenvalue weighted by molar-refractivity contribution is 5.93. The lowest BCUT2D eigenvalue weighted by Gasteiger charge is -2.25. The summed E-state index contributed by atoms with van der Waals surface area (Å²) in [7, 11) is 0. The van der Waals surface area contributed by atoms with Crippen LogP contribution in [-0.4, -0.2) is 56.4 Å². The molecule has 300 valence electrons. The number of anilines is 4. The number of amides is 8. The molecule has 0 spiro atoms. The Morgan fingerprint density at radius 2 is 0.931 bits per heavy atom. The van der Waals surface area contributed by atoms with Crippen molar-refractivity contribution in [2.45, 2.75) is 47.1 Å². The van der Waals surface area contributed by atoms with Crippen LogP contribution in [0.15, 0.2) is 89.9 Å². The molecule has 15 heteroatoms. The van der Waals surface area contributed by atoms with Crippen molar-refractivity contribution >= 4 is 53.0 Å². The molecular weight excluding hydrogens is 737 g/mol. The van der Waals surface area contributed by atoms with Gasteiger partial charge >= 0.3 is 24.1 Å². The topological polar surface area (TPSA) is 218 Å². The molecular formula is C43H48N10O5. The van der Waals surface area contributed by atoms with E-state index < -0.39 is 10.8 Å². The summed E-state index contributed by atoms with van der Waals surface area (Å²) in [5.41, 5.74) is 7.49. The zero-order chi connectivity index (χ0) is 41.7. The first-order chi connectivity index (χ1) is 27.7. The van der Waals surface area contributed by atoms with Crippen LogP contribution in [0.3, 0.4) is 0 Å². The van der Waals surface area contributed by atoms with Crippen molar-refractivity contribution < 1.29 is 24.0 Å². The number of isocyanates is 1. The summed E-state index contributed by atoms with van der Waals surface area (Å²) < 4.78 is 0. The van der Waals surface area contributed by atoms with Crippen molar-refractivity contribution in [1.82, 2.24) is 21.3 Å². The van der Waals surface area contributed by atoms with Gasteiger partial charge in [-0.25, -0.2) is 29.0 Å². The van der Waals surface area contributed by atoms with Crippen molar-refractivity contribution in [2.24, 2.45) is 15.8 Å². The van der Waals surface area contributed by atoms with E-state index in [1.807, 2.05) is 64.1 Å². The maximum atomic E-state index is 12.8. The molecule has 8 amide bonds. The van der Waals surface area contributed by atoms with Crippen molar-refractivity contribution in [3.8, 4) is 17.2 Å². The molecule has 4 aromatic rings. The largest absolute Gasteiger partial charge is 0.337 e. The number of benzene rings is 4. The Labute approximate surface area is 337 Å². The summed E-state index contributed by atoms with van der Waals surface area (Å²) in [5, 5.41) is 31.6. The molecule has 1 aliphatic carbocycles. The van der Waals surface area contributed by atoms with Crippen LogP contribution in [-0.2, 0) is 24.2 Å². The van der Waals surface area contributed by atoms with Crippen LogP contribution in [0, 0.1) is 22.2 Å². The number of fused-ring (bicyclic) bond motifs is 3. The van der Waals surface area contributed by atoms with Crippen LogP contribution in [0.2, 0.25) is 0 Å². The zero-order valence-electron chi connectivity index (χ0n) is 33.0. The second-order valence-electron chi connectivity index (χ2n) is 15.6. The molecule has 0 saturated carbocycles. The first kappa shape index (κ1) is 42.0. The van der Waals surface area contributed by atoms with Gasteiger partial charge in [0.25, 0.3) is 0 Å². The molecule has 0 bridgehead atoms. The minimum Gasteiger partial charge on any atom is -0.337 e. The molecule has 0 aliphatic heterocycles. The van der Waals surface area contributed by atoms with E-state index in [0.717, 1.165) is 33.4 Å². The highest BCUT2D eigenvalue weighted by Crippen LogP contribution is 2.39. The van der Waals surface area contributed by atoms with Gasteiger partial charge in [0.1, 0.15) is 0 Å². The highest BCUT2D eigenvalue weighted by Gasteiger charge is 2.23. The molecule has 5 rings (SSSR count). The Kier molecular flexibility index (Phi) is 13.8. The second kappa shape index (κ2) is 19.1. The minimum atomic E-state index is -0.450. The van der Waals surface area contributed by atoms with Crippen LogP contribution in [0.5, 0.6) is 0 Å². The average Bonchev–Trinajstić information content (AvgIpc) is 3.55. The third kappa shape index (κ3) is 12.7. The molecule has 0 aromatic heterocycles. The van der Waals surface area contributed by atoms with Crippen LogP contribution in [0.1, 0.15) is 49.9 Å². The van der Waals surface area contributed by atoms with E-state index in [-0.39, 0.29) is 30.7 Å². The van der Waals surface area contributed by atoms with Crippen molar-refractivity contribution in [3.63, 3.8) is 0 Å². The molecule has 0 heterocycles. The molecule has 0 fully saturated rings. The summed E-state index contributed by atoms with van der Waals surface area (Å²) in [5.74, 6) is 0. The van der Waals surface area contributed by atoms with E-state index in [4.69, 9.17) is 5.26 Å². The van der Waals surface area contributed by atoms with Gasteiger partial charge in [0.15, 0.2) is 0 Å². The number of carbonyl (C=O) groups excluding carboxylic acids is 5. The van der Waals surface area contributed by atoms with Gasteiger partial charge in [-0.1, -0.05) is 64.1 Å². The van der Waals surface area contributed by atoms with Gasteiger partial charge < -0.3 is 42.5 Å². The van der Waals surface area contributed by atoms with Crippen LogP contribution in [0.4, 0.5) is 41.9 Å². The predicted molar refractivity (Wildman–Crippen MR) is 224 cm³/mol. The standard InChI is InChI=1S/C43H48N10O5/c1-42(2,23-46-38(55)50-32-9-5-28(6-10-32)17-18-44)25-48-40(57)52-34-13-15-36-30(20-34)19-31-21-35(14-16-37(31)36)53-41(58)49-26-43(3,4)24-47-39(56)51-33-11-7-29(8-12-33)22-45-27-54/h5-16,20-21H,17,19,22-26H2,1-4H3,(H2,46,50,55)(H2,47,51,56)(H2,48,52,57)(H2,49,53,58). The van der Waals surface area contributed by atoms with Crippen LogP contribution < -0.4 is 42.5 Å². The first-order valence-electron chi connectivity index (χ1n) is 18.7. The summed E-state index contributed by atoms with van der Waals surface area (Å²) in [4.78, 5) is 64.4. The van der Waals surface area contributed by atoms with Crippen LogP contribution in [0.25, 0.3) is 11.1 Å². The molecule has 0 radical (unpaired) electrons. The van der Waals surface area contributed by atoms with Gasteiger partial charge in [0.2, 0.25) is 6.08 Å². The quantitative estimate of drug-likeness (QED) is 0.0409. The number of nitriles is 1. The van der Waals surface area contributed by atoms with Gasteiger partial charge in [-0.05, 0) is 99.2 Å². The van der Waals surface area contributed by atoms with E-state index in [2.05, 4.69) is 53.6 Å². The fraction of sp³-hybridized carbons (Fsp3) is 0.302. The van der Waals surface area contributed by atoms with E-state index in [1.165, 1.54) is 6.08 Å². The Morgan fingerprint density at radius 1 is 0.569 bits per heavy atom. The number of hydrogen-bond acceptors (Lipinski definition) is 7. The molecule has 1 aliphatic rings. The van der Waals surface area contributed by atoms with Gasteiger partial charge in [-0.3, -0.25) is 0 Å². The molecule has 0 saturated heterocycles. The molecule has 0 unspecified atom stereocenters.